The van der Waals surface area contributed by atoms with E-state index in [0.29, 0.717) is 13.2 Å². The zero-order valence-corrected chi connectivity index (χ0v) is 12.1. The maximum atomic E-state index is 9.33. The Kier molecular flexibility index (Phi) is 3.95. The summed E-state index contributed by atoms with van der Waals surface area (Å²) in [5.41, 5.74) is -0.0682. The Labute approximate surface area is 120 Å². The van der Waals surface area contributed by atoms with Crippen LogP contribution in [0.2, 0.25) is 0 Å². The summed E-state index contributed by atoms with van der Waals surface area (Å²) in [5.74, 6) is 0. The third-order valence-electron chi connectivity index (χ3n) is 3.24. The van der Waals surface area contributed by atoms with E-state index in [1.807, 2.05) is 12.3 Å². The monoisotopic (exact) mass is 296 g/mol. The molecule has 0 aromatic carbocycles. The summed E-state index contributed by atoms with van der Waals surface area (Å²) in [7, 11) is 0. The van der Waals surface area contributed by atoms with Gasteiger partial charge in [0, 0.05) is 24.2 Å². The standard InChI is InChI=1S/C13H16N2O2S2/c16-7-13(8-17-9-13)6-14-4-10-5-15-12(19-10)11-2-1-3-18-11/h1-3,5,14,16H,4,6-9H2. The largest absolute Gasteiger partial charge is 0.396 e. The number of hydrogen-bond acceptors (Lipinski definition) is 6. The second kappa shape index (κ2) is 5.68. The Hall–Kier alpha value is -0.790. The molecule has 2 N–H and O–H groups in total. The average Bonchev–Trinajstić information content (AvgIpc) is 3.02. The van der Waals surface area contributed by atoms with E-state index in [0.717, 1.165) is 18.1 Å². The molecule has 1 fully saturated rings. The van der Waals surface area contributed by atoms with Crippen molar-refractivity contribution in [3.63, 3.8) is 0 Å². The molecule has 1 aliphatic heterocycles. The van der Waals surface area contributed by atoms with Crippen molar-refractivity contribution in [3.8, 4) is 9.88 Å². The number of hydrogen-bond donors (Lipinski definition) is 2. The third-order valence-corrected chi connectivity index (χ3v) is 5.27. The second-order valence-electron chi connectivity index (χ2n) is 4.86. The molecule has 102 valence electrons. The molecule has 19 heavy (non-hydrogen) atoms. The Morgan fingerprint density at radius 3 is 3.00 bits per heavy atom. The molecular weight excluding hydrogens is 280 g/mol. The predicted octanol–water partition coefficient (Wildman–Crippen LogP) is 1.97. The fourth-order valence-corrected chi connectivity index (χ4v) is 3.68. The normalized spacial score (nSPS) is 17.3. The lowest BCUT2D eigenvalue weighted by Crippen LogP contribution is -2.52. The molecule has 0 spiro atoms. The lowest BCUT2D eigenvalue weighted by atomic mass is 9.87. The van der Waals surface area contributed by atoms with Crippen LogP contribution < -0.4 is 5.32 Å². The molecule has 0 aliphatic carbocycles. The van der Waals surface area contributed by atoms with Crippen LogP contribution in [-0.2, 0) is 11.3 Å². The van der Waals surface area contributed by atoms with Crippen LogP contribution in [0.1, 0.15) is 4.88 Å². The number of ether oxygens (including phenoxy) is 1. The second-order valence-corrected chi connectivity index (χ2v) is 6.93. The molecule has 0 radical (unpaired) electrons. The highest BCUT2D eigenvalue weighted by molar-refractivity contribution is 7.20. The average molecular weight is 296 g/mol. The summed E-state index contributed by atoms with van der Waals surface area (Å²) in [6.07, 6.45) is 1.93. The van der Waals surface area contributed by atoms with Crippen LogP contribution >= 0.6 is 22.7 Å². The topological polar surface area (TPSA) is 54.4 Å². The zero-order valence-electron chi connectivity index (χ0n) is 10.5. The summed E-state index contributed by atoms with van der Waals surface area (Å²) >= 11 is 3.43. The summed E-state index contributed by atoms with van der Waals surface area (Å²) < 4.78 is 5.18. The minimum atomic E-state index is -0.0682. The first-order valence-electron chi connectivity index (χ1n) is 6.19. The van der Waals surface area contributed by atoms with Gasteiger partial charge in [-0.1, -0.05) is 6.07 Å². The molecule has 1 aliphatic rings. The molecule has 0 amide bonds. The van der Waals surface area contributed by atoms with Crippen molar-refractivity contribution in [2.75, 3.05) is 26.4 Å². The van der Waals surface area contributed by atoms with Gasteiger partial charge >= 0.3 is 0 Å². The van der Waals surface area contributed by atoms with Crippen LogP contribution in [0.4, 0.5) is 0 Å². The number of thiazole rings is 1. The summed E-state index contributed by atoms with van der Waals surface area (Å²) in [6, 6.07) is 4.13. The Bertz CT molecular complexity index is 515. The number of aliphatic hydroxyl groups excluding tert-OH is 1. The highest BCUT2D eigenvalue weighted by Gasteiger charge is 2.37. The molecule has 4 nitrogen and oxygen atoms in total. The van der Waals surface area contributed by atoms with Crippen molar-refractivity contribution in [2.45, 2.75) is 6.54 Å². The van der Waals surface area contributed by atoms with Crippen molar-refractivity contribution in [3.05, 3.63) is 28.6 Å². The molecular formula is C13H16N2O2S2. The van der Waals surface area contributed by atoms with Gasteiger partial charge in [0.15, 0.2) is 0 Å². The van der Waals surface area contributed by atoms with Crippen LogP contribution in [0.25, 0.3) is 9.88 Å². The number of thiophene rings is 1. The van der Waals surface area contributed by atoms with E-state index in [1.54, 1.807) is 22.7 Å². The Morgan fingerprint density at radius 1 is 1.47 bits per heavy atom. The summed E-state index contributed by atoms with van der Waals surface area (Å²) in [6.45, 7) is 3.07. The van der Waals surface area contributed by atoms with E-state index in [4.69, 9.17) is 4.74 Å². The quantitative estimate of drug-likeness (QED) is 0.856. The fraction of sp³-hybridized carbons (Fsp3) is 0.462. The highest BCUT2D eigenvalue weighted by Crippen LogP contribution is 2.29. The van der Waals surface area contributed by atoms with Gasteiger partial charge in [0.05, 0.1) is 30.1 Å². The molecule has 0 unspecified atom stereocenters. The lowest BCUT2D eigenvalue weighted by molar-refractivity contribution is -0.134. The fourth-order valence-electron chi connectivity index (χ4n) is 1.99. The molecule has 1 saturated heterocycles. The van der Waals surface area contributed by atoms with Gasteiger partial charge in [0.2, 0.25) is 0 Å². The first-order valence-corrected chi connectivity index (χ1v) is 7.89. The minimum Gasteiger partial charge on any atom is -0.396 e. The van der Waals surface area contributed by atoms with E-state index in [1.165, 1.54) is 9.75 Å². The van der Waals surface area contributed by atoms with E-state index in [2.05, 4.69) is 21.7 Å². The van der Waals surface area contributed by atoms with Crippen LogP contribution in [0.3, 0.4) is 0 Å². The molecule has 3 rings (SSSR count). The van der Waals surface area contributed by atoms with Crippen molar-refractivity contribution < 1.29 is 9.84 Å². The number of aromatic nitrogens is 1. The van der Waals surface area contributed by atoms with Gasteiger partial charge in [-0.15, -0.1) is 22.7 Å². The van der Waals surface area contributed by atoms with E-state index >= 15 is 0 Å². The van der Waals surface area contributed by atoms with Crippen LogP contribution in [0, 0.1) is 5.41 Å². The highest BCUT2D eigenvalue weighted by atomic mass is 32.1. The maximum Gasteiger partial charge on any atom is 0.133 e. The van der Waals surface area contributed by atoms with Crippen LogP contribution in [0.5, 0.6) is 0 Å². The Morgan fingerprint density at radius 2 is 2.37 bits per heavy atom. The van der Waals surface area contributed by atoms with Crippen LogP contribution in [-0.4, -0.2) is 36.5 Å². The summed E-state index contributed by atoms with van der Waals surface area (Å²) in [5, 5.41) is 15.9. The van der Waals surface area contributed by atoms with Gasteiger partial charge < -0.3 is 15.2 Å². The molecule has 3 heterocycles. The molecule has 2 aromatic heterocycles. The third kappa shape index (κ3) is 2.88. The summed E-state index contributed by atoms with van der Waals surface area (Å²) in [4.78, 5) is 6.88. The van der Waals surface area contributed by atoms with Crippen molar-refractivity contribution in [1.29, 1.82) is 0 Å². The van der Waals surface area contributed by atoms with Gasteiger partial charge in [-0.05, 0) is 11.4 Å². The van der Waals surface area contributed by atoms with E-state index in [-0.39, 0.29) is 12.0 Å². The number of nitrogens with zero attached hydrogens (tertiary/aromatic N) is 1. The van der Waals surface area contributed by atoms with Gasteiger partial charge in [0.1, 0.15) is 5.01 Å². The van der Waals surface area contributed by atoms with E-state index in [9.17, 15) is 5.11 Å². The number of aliphatic hydroxyl groups is 1. The molecule has 0 atom stereocenters. The molecule has 0 saturated carbocycles. The van der Waals surface area contributed by atoms with Crippen molar-refractivity contribution >= 4 is 22.7 Å². The lowest BCUT2D eigenvalue weighted by Gasteiger charge is -2.39. The number of rotatable bonds is 6. The van der Waals surface area contributed by atoms with Gasteiger partial charge in [0.25, 0.3) is 0 Å². The van der Waals surface area contributed by atoms with Crippen LogP contribution in [0.15, 0.2) is 23.7 Å². The van der Waals surface area contributed by atoms with Gasteiger partial charge in [-0.3, -0.25) is 0 Å². The molecule has 0 bridgehead atoms. The maximum absolute atomic E-state index is 9.33. The first-order chi connectivity index (χ1) is 9.31. The predicted molar refractivity (Wildman–Crippen MR) is 77.5 cm³/mol. The van der Waals surface area contributed by atoms with E-state index < -0.39 is 0 Å². The van der Waals surface area contributed by atoms with Crippen molar-refractivity contribution in [2.24, 2.45) is 5.41 Å². The molecule has 6 heteroatoms. The number of nitrogens with one attached hydrogen (secondary N) is 1. The minimum absolute atomic E-state index is 0.0682. The Balaban J connectivity index is 1.53. The molecule has 2 aromatic rings. The van der Waals surface area contributed by atoms with Gasteiger partial charge in [-0.25, -0.2) is 4.98 Å². The SMILES string of the molecule is OCC1(CNCc2cnc(-c3cccs3)s2)COC1. The smallest absolute Gasteiger partial charge is 0.133 e. The first kappa shape index (κ1) is 13.2. The zero-order chi connectivity index (χ0) is 13.1. The van der Waals surface area contributed by atoms with Gasteiger partial charge in [-0.2, -0.15) is 0 Å². The van der Waals surface area contributed by atoms with Crippen molar-refractivity contribution in [1.82, 2.24) is 10.3 Å².